The van der Waals surface area contributed by atoms with Crippen molar-refractivity contribution in [1.29, 1.82) is 0 Å². The second kappa shape index (κ2) is 7.88. The molecule has 0 amide bonds. The van der Waals surface area contributed by atoms with Gasteiger partial charge in [-0.25, -0.2) is 9.97 Å². The molecule has 0 fully saturated rings. The van der Waals surface area contributed by atoms with Gasteiger partial charge >= 0.3 is 0 Å². The lowest BCUT2D eigenvalue weighted by molar-refractivity contribution is 0.422. The topological polar surface area (TPSA) is 55.6 Å². The van der Waals surface area contributed by atoms with Crippen molar-refractivity contribution in [3.8, 4) is 0 Å². The quantitative estimate of drug-likeness (QED) is 0.811. The molecule has 114 valence electrons. The van der Waals surface area contributed by atoms with Crippen LogP contribution >= 0.6 is 0 Å². The van der Waals surface area contributed by atoms with Crippen molar-refractivity contribution in [3.63, 3.8) is 0 Å². The lowest BCUT2D eigenvalue weighted by Gasteiger charge is -2.16. The highest BCUT2D eigenvalue weighted by atomic mass is 15.3. The van der Waals surface area contributed by atoms with Crippen molar-refractivity contribution in [2.24, 2.45) is 0 Å². The molecule has 21 heavy (non-hydrogen) atoms. The third-order valence-corrected chi connectivity index (χ3v) is 3.81. The zero-order valence-corrected chi connectivity index (χ0v) is 13.2. The van der Waals surface area contributed by atoms with Crippen LogP contribution in [0.2, 0.25) is 0 Å². The Labute approximate surface area is 126 Å². The second-order valence-electron chi connectivity index (χ2n) is 5.21. The van der Waals surface area contributed by atoms with Gasteiger partial charge in [0, 0.05) is 18.8 Å². The SMILES string of the molecule is CCNC(Cc1ccn(C(CC)CC)n1)c1ccncn1. The molecule has 0 saturated carbocycles. The molecule has 1 unspecified atom stereocenters. The highest BCUT2D eigenvalue weighted by Gasteiger charge is 2.15. The standard InChI is InChI=1S/C16H25N5/c1-4-14(5-2)21-10-8-13(20-21)11-16(18-6-3)15-7-9-17-12-19-15/h7-10,12,14,16,18H,4-6,11H2,1-3H3. The number of likely N-dealkylation sites (N-methyl/N-ethyl adjacent to an activating group) is 1. The van der Waals surface area contributed by atoms with Crippen molar-refractivity contribution in [2.75, 3.05) is 6.54 Å². The first kappa shape index (κ1) is 15.6. The van der Waals surface area contributed by atoms with Crippen LogP contribution in [0.25, 0.3) is 0 Å². The molecule has 1 N–H and O–H groups in total. The van der Waals surface area contributed by atoms with Gasteiger partial charge in [0.05, 0.1) is 23.5 Å². The summed E-state index contributed by atoms with van der Waals surface area (Å²) >= 11 is 0. The van der Waals surface area contributed by atoms with Gasteiger partial charge in [-0.3, -0.25) is 4.68 Å². The lowest BCUT2D eigenvalue weighted by atomic mass is 10.1. The van der Waals surface area contributed by atoms with E-state index in [0.29, 0.717) is 6.04 Å². The number of nitrogens with one attached hydrogen (secondary N) is 1. The fraction of sp³-hybridized carbons (Fsp3) is 0.562. The van der Waals surface area contributed by atoms with E-state index in [-0.39, 0.29) is 6.04 Å². The number of hydrogen-bond acceptors (Lipinski definition) is 4. The summed E-state index contributed by atoms with van der Waals surface area (Å²) in [6.45, 7) is 7.43. The fourth-order valence-electron chi connectivity index (χ4n) is 2.60. The highest BCUT2D eigenvalue weighted by Crippen LogP contribution is 2.18. The molecule has 0 spiro atoms. The zero-order valence-electron chi connectivity index (χ0n) is 13.2. The Morgan fingerprint density at radius 1 is 1.19 bits per heavy atom. The van der Waals surface area contributed by atoms with Gasteiger partial charge in [0.25, 0.3) is 0 Å². The maximum absolute atomic E-state index is 4.73. The van der Waals surface area contributed by atoms with Crippen LogP contribution in [-0.4, -0.2) is 26.3 Å². The molecule has 2 aromatic heterocycles. The first-order valence-electron chi connectivity index (χ1n) is 7.81. The molecule has 0 aliphatic heterocycles. The van der Waals surface area contributed by atoms with Gasteiger partial charge in [0.1, 0.15) is 6.33 Å². The van der Waals surface area contributed by atoms with Gasteiger partial charge in [0.15, 0.2) is 0 Å². The molecule has 2 heterocycles. The molecular formula is C16H25N5. The molecule has 5 heteroatoms. The summed E-state index contributed by atoms with van der Waals surface area (Å²) in [5, 5.41) is 8.21. The number of nitrogens with zero attached hydrogens (tertiary/aromatic N) is 4. The average Bonchev–Trinajstić information content (AvgIpc) is 2.97. The summed E-state index contributed by atoms with van der Waals surface area (Å²) in [5.41, 5.74) is 2.12. The van der Waals surface area contributed by atoms with Crippen LogP contribution in [0.15, 0.2) is 30.9 Å². The maximum atomic E-state index is 4.73. The van der Waals surface area contributed by atoms with Gasteiger partial charge in [0.2, 0.25) is 0 Å². The third-order valence-electron chi connectivity index (χ3n) is 3.81. The molecule has 0 bridgehead atoms. The minimum atomic E-state index is 0.183. The predicted molar refractivity (Wildman–Crippen MR) is 84.0 cm³/mol. The van der Waals surface area contributed by atoms with E-state index in [1.807, 2.05) is 6.07 Å². The molecule has 0 aliphatic carbocycles. The van der Waals surface area contributed by atoms with E-state index in [9.17, 15) is 0 Å². The molecular weight excluding hydrogens is 262 g/mol. The van der Waals surface area contributed by atoms with E-state index < -0.39 is 0 Å². The first-order valence-corrected chi connectivity index (χ1v) is 7.81. The van der Waals surface area contributed by atoms with Crippen molar-refractivity contribution >= 4 is 0 Å². The predicted octanol–water partition coefficient (Wildman–Crippen LogP) is 2.93. The minimum Gasteiger partial charge on any atom is -0.309 e. The van der Waals surface area contributed by atoms with Crippen LogP contribution in [-0.2, 0) is 6.42 Å². The Balaban J connectivity index is 2.11. The molecule has 0 aromatic carbocycles. The summed E-state index contributed by atoms with van der Waals surface area (Å²) in [5.74, 6) is 0. The largest absolute Gasteiger partial charge is 0.309 e. The summed E-state index contributed by atoms with van der Waals surface area (Å²) in [6.07, 6.45) is 8.55. The van der Waals surface area contributed by atoms with E-state index >= 15 is 0 Å². The van der Waals surface area contributed by atoms with Crippen molar-refractivity contribution < 1.29 is 0 Å². The first-order chi connectivity index (χ1) is 10.3. The molecule has 2 rings (SSSR count). The third kappa shape index (κ3) is 4.11. The normalized spacial score (nSPS) is 12.8. The minimum absolute atomic E-state index is 0.183. The van der Waals surface area contributed by atoms with Crippen LogP contribution in [0.4, 0.5) is 0 Å². The molecule has 0 aliphatic rings. The number of aromatic nitrogens is 4. The molecule has 5 nitrogen and oxygen atoms in total. The maximum Gasteiger partial charge on any atom is 0.115 e. The summed E-state index contributed by atoms with van der Waals surface area (Å²) in [6, 6.07) is 4.76. The highest BCUT2D eigenvalue weighted by molar-refractivity contribution is 5.11. The Hall–Kier alpha value is -1.75. The number of hydrogen-bond donors (Lipinski definition) is 1. The van der Waals surface area contributed by atoms with Crippen molar-refractivity contribution in [1.82, 2.24) is 25.1 Å². The lowest BCUT2D eigenvalue weighted by Crippen LogP contribution is -2.24. The smallest absolute Gasteiger partial charge is 0.115 e. The van der Waals surface area contributed by atoms with Crippen LogP contribution < -0.4 is 5.32 Å². The summed E-state index contributed by atoms with van der Waals surface area (Å²) < 4.78 is 2.10. The molecule has 1 atom stereocenters. The van der Waals surface area contributed by atoms with Crippen molar-refractivity contribution in [3.05, 3.63) is 42.2 Å². The molecule has 2 aromatic rings. The van der Waals surface area contributed by atoms with Crippen LogP contribution in [0.3, 0.4) is 0 Å². The van der Waals surface area contributed by atoms with Crippen LogP contribution in [0.1, 0.15) is 57.1 Å². The van der Waals surface area contributed by atoms with E-state index in [4.69, 9.17) is 5.10 Å². The van der Waals surface area contributed by atoms with E-state index in [2.05, 4.69) is 53.0 Å². The van der Waals surface area contributed by atoms with Gasteiger partial charge in [-0.2, -0.15) is 5.10 Å². The Kier molecular flexibility index (Phi) is 5.87. The monoisotopic (exact) mass is 287 g/mol. The van der Waals surface area contributed by atoms with Gasteiger partial charge in [-0.15, -0.1) is 0 Å². The Morgan fingerprint density at radius 2 is 2.00 bits per heavy atom. The number of rotatable bonds is 8. The van der Waals surface area contributed by atoms with E-state index in [1.54, 1.807) is 12.5 Å². The van der Waals surface area contributed by atoms with Crippen molar-refractivity contribution in [2.45, 2.75) is 52.1 Å². The Morgan fingerprint density at radius 3 is 2.62 bits per heavy atom. The molecule has 0 radical (unpaired) electrons. The van der Waals surface area contributed by atoms with E-state index in [0.717, 1.165) is 37.2 Å². The van der Waals surface area contributed by atoms with Gasteiger partial charge in [-0.1, -0.05) is 20.8 Å². The Bertz CT molecular complexity index is 518. The van der Waals surface area contributed by atoms with E-state index in [1.165, 1.54) is 0 Å². The van der Waals surface area contributed by atoms with Gasteiger partial charge < -0.3 is 5.32 Å². The van der Waals surface area contributed by atoms with Gasteiger partial charge in [-0.05, 0) is 31.5 Å². The zero-order chi connectivity index (χ0) is 15.1. The average molecular weight is 287 g/mol. The summed E-state index contributed by atoms with van der Waals surface area (Å²) in [4.78, 5) is 8.35. The second-order valence-corrected chi connectivity index (χ2v) is 5.21. The summed E-state index contributed by atoms with van der Waals surface area (Å²) in [7, 11) is 0. The molecule has 0 saturated heterocycles. The van der Waals surface area contributed by atoms with Crippen LogP contribution in [0.5, 0.6) is 0 Å². The fourth-order valence-corrected chi connectivity index (χ4v) is 2.60. The van der Waals surface area contributed by atoms with Crippen LogP contribution in [0, 0.1) is 0 Å².